The number of piperazine rings is 1. The Balaban J connectivity index is 1.90. The molecule has 16 heavy (non-hydrogen) atoms. The standard InChI is InChI=1S/C14H28N2/c1-2-3-7-11-16-12-10-15-13-14(16)8-5-4-6-9-14/h15H,2-13H2,1H3. The monoisotopic (exact) mass is 224 g/mol. The van der Waals surface area contributed by atoms with E-state index in [-0.39, 0.29) is 0 Å². The van der Waals surface area contributed by atoms with E-state index in [1.54, 1.807) is 0 Å². The highest BCUT2D eigenvalue weighted by molar-refractivity contribution is 4.97. The summed E-state index contributed by atoms with van der Waals surface area (Å²) in [5, 5.41) is 3.62. The minimum atomic E-state index is 0.546. The average Bonchev–Trinajstić information content (AvgIpc) is 2.33. The van der Waals surface area contributed by atoms with Crippen molar-refractivity contribution in [3.63, 3.8) is 0 Å². The second kappa shape index (κ2) is 6.02. The number of nitrogens with zero attached hydrogens (tertiary/aromatic N) is 1. The molecule has 1 spiro atoms. The lowest BCUT2D eigenvalue weighted by molar-refractivity contribution is 0.0264. The van der Waals surface area contributed by atoms with Crippen LogP contribution in [-0.2, 0) is 0 Å². The van der Waals surface area contributed by atoms with Gasteiger partial charge in [-0.15, -0.1) is 0 Å². The van der Waals surface area contributed by atoms with Gasteiger partial charge < -0.3 is 5.32 Å². The molecule has 0 atom stereocenters. The largest absolute Gasteiger partial charge is 0.314 e. The molecule has 94 valence electrons. The van der Waals surface area contributed by atoms with Gasteiger partial charge in [0.15, 0.2) is 0 Å². The van der Waals surface area contributed by atoms with Gasteiger partial charge in [-0.25, -0.2) is 0 Å². The van der Waals surface area contributed by atoms with E-state index in [9.17, 15) is 0 Å². The summed E-state index contributed by atoms with van der Waals surface area (Å²) in [6.45, 7) is 7.38. The van der Waals surface area contributed by atoms with E-state index in [4.69, 9.17) is 0 Å². The molecule has 0 amide bonds. The Morgan fingerprint density at radius 2 is 1.94 bits per heavy atom. The fraction of sp³-hybridized carbons (Fsp3) is 1.00. The summed E-state index contributed by atoms with van der Waals surface area (Å²) in [5.41, 5.74) is 0.546. The van der Waals surface area contributed by atoms with Gasteiger partial charge in [-0.2, -0.15) is 0 Å². The Bertz CT molecular complexity index is 189. The summed E-state index contributed by atoms with van der Waals surface area (Å²) in [4.78, 5) is 2.82. The lowest BCUT2D eigenvalue weighted by Gasteiger charge is -2.50. The van der Waals surface area contributed by atoms with Crippen molar-refractivity contribution < 1.29 is 0 Å². The average molecular weight is 224 g/mol. The summed E-state index contributed by atoms with van der Waals surface area (Å²) in [6.07, 6.45) is 11.4. The molecule has 1 heterocycles. The van der Waals surface area contributed by atoms with E-state index < -0.39 is 0 Å². The van der Waals surface area contributed by atoms with Gasteiger partial charge in [-0.1, -0.05) is 39.0 Å². The molecule has 1 saturated heterocycles. The first-order valence-electron chi connectivity index (χ1n) is 7.33. The highest BCUT2D eigenvalue weighted by Gasteiger charge is 2.38. The van der Waals surface area contributed by atoms with Gasteiger partial charge in [0, 0.05) is 25.2 Å². The summed E-state index contributed by atoms with van der Waals surface area (Å²) in [6, 6.07) is 0. The molecule has 2 aliphatic rings. The summed E-state index contributed by atoms with van der Waals surface area (Å²) in [7, 11) is 0. The smallest absolute Gasteiger partial charge is 0.0334 e. The van der Waals surface area contributed by atoms with Crippen LogP contribution in [-0.4, -0.2) is 36.6 Å². The molecule has 0 aromatic heterocycles. The third-order valence-corrected chi connectivity index (χ3v) is 4.50. The summed E-state index contributed by atoms with van der Waals surface area (Å²) in [5.74, 6) is 0. The molecule has 2 rings (SSSR count). The highest BCUT2D eigenvalue weighted by Crippen LogP contribution is 2.34. The van der Waals surface area contributed by atoms with E-state index in [0.717, 1.165) is 0 Å². The van der Waals surface area contributed by atoms with Crippen LogP contribution in [0.2, 0.25) is 0 Å². The van der Waals surface area contributed by atoms with Crippen LogP contribution in [0.4, 0.5) is 0 Å². The van der Waals surface area contributed by atoms with Gasteiger partial charge in [0.25, 0.3) is 0 Å². The van der Waals surface area contributed by atoms with Crippen LogP contribution >= 0.6 is 0 Å². The Hall–Kier alpha value is -0.0800. The maximum Gasteiger partial charge on any atom is 0.0334 e. The Labute approximate surface area is 101 Å². The first-order chi connectivity index (χ1) is 7.87. The lowest BCUT2D eigenvalue weighted by atomic mass is 9.79. The predicted octanol–water partition coefficient (Wildman–Crippen LogP) is 2.78. The van der Waals surface area contributed by atoms with Gasteiger partial charge in [0.1, 0.15) is 0 Å². The van der Waals surface area contributed by atoms with Crippen molar-refractivity contribution in [2.75, 3.05) is 26.2 Å². The first-order valence-corrected chi connectivity index (χ1v) is 7.33. The van der Waals surface area contributed by atoms with Crippen LogP contribution in [0.1, 0.15) is 58.3 Å². The zero-order valence-corrected chi connectivity index (χ0v) is 10.9. The second-order valence-corrected chi connectivity index (χ2v) is 5.66. The minimum Gasteiger partial charge on any atom is -0.314 e. The molecule has 2 fully saturated rings. The van der Waals surface area contributed by atoms with Crippen LogP contribution in [0.3, 0.4) is 0 Å². The van der Waals surface area contributed by atoms with Gasteiger partial charge in [-0.3, -0.25) is 4.90 Å². The van der Waals surface area contributed by atoms with E-state index >= 15 is 0 Å². The summed E-state index contributed by atoms with van der Waals surface area (Å²) < 4.78 is 0. The number of rotatable bonds is 4. The highest BCUT2D eigenvalue weighted by atomic mass is 15.3. The molecular weight excluding hydrogens is 196 g/mol. The van der Waals surface area contributed by atoms with Crippen molar-refractivity contribution in [2.45, 2.75) is 63.8 Å². The van der Waals surface area contributed by atoms with Crippen molar-refractivity contribution in [2.24, 2.45) is 0 Å². The van der Waals surface area contributed by atoms with E-state index in [0.29, 0.717) is 5.54 Å². The van der Waals surface area contributed by atoms with Crippen molar-refractivity contribution >= 4 is 0 Å². The second-order valence-electron chi connectivity index (χ2n) is 5.66. The number of unbranched alkanes of at least 4 members (excludes halogenated alkanes) is 2. The fourth-order valence-corrected chi connectivity index (χ4v) is 3.49. The van der Waals surface area contributed by atoms with Crippen molar-refractivity contribution in [3.8, 4) is 0 Å². The molecule has 1 saturated carbocycles. The van der Waals surface area contributed by atoms with Crippen LogP contribution in [0, 0.1) is 0 Å². The van der Waals surface area contributed by atoms with E-state index in [1.807, 2.05) is 0 Å². The molecule has 1 aliphatic carbocycles. The number of hydrogen-bond donors (Lipinski definition) is 1. The van der Waals surface area contributed by atoms with Gasteiger partial charge >= 0.3 is 0 Å². The molecule has 1 N–H and O–H groups in total. The molecule has 1 aliphatic heterocycles. The molecule has 2 nitrogen and oxygen atoms in total. The minimum absolute atomic E-state index is 0.546. The zero-order valence-electron chi connectivity index (χ0n) is 10.9. The third-order valence-electron chi connectivity index (χ3n) is 4.50. The Morgan fingerprint density at radius 1 is 1.12 bits per heavy atom. The number of nitrogens with one attached hydrogen (secondary N) is 1. The van der Waals surface area contributed by atoms with Crippen molar-refractivity contribution in [1.82, 2.24) is 10.2 Å². The molecule has 0 radical (unpaired) electrons. The van der Waals surface area contributed by atoms with Crippen LogP contribution in [0.25, 0.3) is 0 Å². The fourth-order valence-electron chi connectivity index (χ4n) is 3.49. The molecule has 2 heteroatoms. The Morgan fingerprint density at radius 3 is 2.69 bits per heavy atom. The SMILES string of the molecule is CCCCCN1CCNCC12CCCCC2. The molecule has 0 aromatic carbocycles. The predicted molar refractivity (Wildman–Crippen MR) is 69.8 cm³/mol. The molecule has 0 aromatic rings. The van der Waals surface area contributed by atoms with E-state index in [2.05, 4.69) is 17.1 Å². The van der Waals surface area contributed by atoms with Crippen LogP contribution in [0.15, 0.2) is 0 Å². The third kappa shape index (κ3) is 2.78. The van der Waals surface area contributed by atoms with E-state index in [1.165, 1.54) is 77.5 Å². The molecule has 0 unspecified atom stereocenters. The first kappa shape index (κ1) is 12.4. The van der Waals surface area contributed by atoms with Crippen LogP contribution < -0.4 is 5.32 Å². The molecular formula is C14H28N2. The van der Waals surface area contributed by atoms with Gasteiger partial charge in [0.2, 0.25) is 0 Å². The Kier molecular flexibility index (Phi) is 4.66. The topological polar surface area (TPSA) is 15.3 Å². The maximum absolute atomic E-state index is 3.62. The zero-order chi connectivity index (χ0) is 11.3. The van der Waals surface area contributed by atoms with Gasteiger partial charge in [-0.05, 0) is 25.8 Å². The lowest BCUT2D eigenvalue weighted by Crippen LogP contribution is -2.62. The van der Waals surface area contributed by atoms with Crippen LogP contribution in [0.5, 0.6) is 0 Å². The maximum atomic E-state index is 3.62. The normalized spacial score (nSPS) is 26.1. The molecule has 0 bridgehead atoms. The summed E-state index contributed by atoms with van der Waals surface area (Å²) >= 11 is 0. The van der Waals surface area contributed by atoms with Crippen molar-refractivity contribution in [1.29, 1.82) is 0 Å². The van der Waals surface area contributed by atoms with Crippen molar-refractivity contribution in [3.05, 3.63) is 0 Å². The van der Waals surface area contributed by atoms with Gasteiger partial charge in [0.05, 0.1) is 0 Å². The quantitative estimate of drug-likeness (QED) is 0.739. The number of hydrogen-bond acceptors (Lipinski definition) is 2.